The second-order valence-electron chi connectivity index (χ2n) is 3.85. The molecule has 0 aliphatic carbocycles. The molecule has 0 aromatic carbocycles. The summed E-state index contributed by atoms with van der Waals surface area (Å²) >= 11 is 4.98. The van der Waals surface area contributed by atoms with Crippen LogP contribution in [0.3, 0.4) is 0 Å². The van der Waals surface area contributed by atoms with Gasteiger partial charge in [-0.15, -0.1) is 0 Å². The third kappa shape index (κ3) is 2.68. The molecule has 15 heavy (non-hydrogen) atoms. The van der Waals surface area contributed by atoms with Crippen LogP contribution in [0.15, 0.2) is 15.2 Å². The molecule has 1 atom stereocenters. The molecule has 1 saturated heterocycles. The lowest BCUT2D eigenvalue weighted by Crippen LogP contribution is -2.35. The van der Waals surface area contributed by atoms with Gasteiger partial charge < -0.3 is 5.32 Å². The number of halogens is 1. The molecule has 0 radical (unpaired) electrons. The van der Waals surface area contributed by atoms with Crippen LogP contribution < -0.4 is 5.32 Å². The molecule has 4 heteroatoms. The maximum absolute atomic E-state index is 12.1. The number of carbonyl (C=O) groups is 1. The van der Waals surface area contributed by atoms with Crippen molar-refractivity contribution in [2.24, 2.45) is 0 Å². The van der Waals surface area contributed by atoms with E-state index in [2.05, 4.69) is 21.2 Å². The average Bonchev–Trinajstić information content (AvgIpc) is 2.53. The lowest BCUT2D eigenvalue weighted by atomic mass is 10.0. The van der Waals surface area contributed by atoms with Crippen LogP contribution in [-0.2, 0) is 0 Å². The van der Waals surface area contributed by atoms with Crippen molar-refractivity contribution >= 4 is 33.0 Å². The molecule has 2 heterocycles. The molecular weight excluding hydrogens is 274 g/mol. The molecule has 0 amide bonds. The Bertz CT molecular complexity index is 342. The van der Waals surface area contributed by atoms with Gasteiger partial charge in [0, 0.05) is 20.8 Å². The Morgan fingerprint density at radius 1 is 1.40 bits per heavy atom. The topological polar surface area (TPSA) is 29.1 Å². The molecule has 2 nitrogen and oxygen atoms in total. The SMILES string of the molecule is O=C(c1cscc1Br)C1CCCCCN1. The Labute approximate surface area is 102 Å². The standard InChI is InChI=1S/C11H14BrNOS/c12-9-7-15-6-8(9)11(14)10-4-2-1-3-5-13-10/h6-7,10,13H,1-5H2. The van der Waals surface area contributed by atoms with Crippen LogP contribution in [0.2, 0.25) is 0 Å². The van der Waals surface area contributed by atoms with Crippen LogP contribution in [0, 0.1) is 0 Å². The highest BCUT2D eigenvalue weighted by Gasteiger charge is 2.22. The van der Waals surface area contributed by atoms with Gasteiger partial charge in [-0.25, -0.2) is 0 Å². The molecule has 1 fully saturated rings. The molecule has 1 aromatic rings. The van der Waals surface area contributed by atoms with Crippen molar-refractivity contribution in [1.82, 2.24) is 5.32 Å². The number of thiophene rings is 1. The van der Waals surface area contributed by atoms with Crippen LogP contribution >= 0.6 is 27.3 Å². The van der Waals surface area contributed by atoms with Crippen molar-refractivity contribution in [3.8, 4) is 0 Å². The molecule has 0 spiro atoms. The monoisotopic (exact) mass is 287 g/mol. The molecule has 0 saturated carbocycles. The lowest BCUT2D eigenvalue weighted by Gasteiger charge is -2.13. The van der Waals surface area contributed by atoms with Crippen LogP contribution in [-0.4, -0.2) is 18.4 Å². The van der Waals surface area contributed by atoms with Crippen molar-refractivity contribution in [2.75, 3.05) is 6.54 Å². The first-order valence-electron chi connectivity index (χ1n) is 5.28. The number of hydrogen-bond acceptors (Lipinski definition) is 3. The largest absolute Gasteiger partial charge is 0.307 e. The molecule has 2 rings (SSSR count). The zero-order chi connectivity index (χ0) is 10.7. The van der Waals surface area contributed by atoms with Crippen molar-refractivity contribution in [3.05, 3.63) is 20.8 Å². The van der Waals surface area contributed by atoms with Crippen molar-refractivity contribution in [2.45, 2.75) is 31.7 Å². The predicted octanol–water partition coefficient (Wildman–Crippen LogP) is 3.23. The summed E-state index contributed by atoms with van der Waals surface area (Å²) in [6.07, 6.45) is 4.56. The summed E-state index contributed by atoms with van der Waals surface area (Å²) in [5.41, 5.74) is 0.833. The van der Waals surface area contributed by atoms with E-state index in [1.807, 2.05) is 10.8 Å². The minimum Gasteiger partial charge on any atom is -0.307 e. The van der Waals surface area contributed by atoms with Crippen LogP contribution in [0.4, 0.5) is 0 Å². The van der Waals surface area contributed by atoms with Gasteiger partial charge in [0.2, 0.25) is 0 Å². The van der Waals surface area contributed by atoms with E-state index in [0.717, 1.165) is 29.4 Å². The molecule has 1 aliphatic heterocycles. The normalized spacial score (nSPS) is 22.3. The first kappa shape index (κ1) is 11.3. The summed E-state index contributed by atoms with van der Waals surface area (Å²) in [5, 5.41) is 7.22. The van der Waals surface area contributed by atoms with E-state index in [-0.39, 0.29) is 11.8 Å². The first-order valence-corrected chi connectivity index (χ1v) is 7.02. The summed E-state index contributed by atoms with van der Waals surface area (Å²) in [4.78, 5) is 12.1. The molecule has 0 bridgehead atoms. The third-order valence-electron chi connectivity index (χ3n) is 2.76. The number of carbonyl (C=O) groups excluding carboxylic acids is 1. The highest BCUT2D eigenvalue weighted by atomic mass is 79.9. The Kier molecular flexibility index (Phi) is 3.94. The summed E-state index contributed by atoms with van der Waals surface area (Å²) in [6.45, 7) is 0.970. The van der Waals surface area contributed by atoms with Gasteiger partial charge in [-0.2, -0.15) is 11.3 Å². The molecular formula is C11H14BrNOS. The number of rotatable bonds is 2. The molecule has 82 valence electrons. The van der Waals surface area contributed by atoms with E-state index in [4.69, 9.17) is 0 Å². The fourth-order valence-electron chi connectivity index (χ4n) is 1.90. The smallest absolute Gasteiger partial charge is 0.181 e. The summed E-state index contributed by atoms with van der Waals surface area (Å²) in [5.74, 6) is 0.241. The summed E-state index contributed by atoms with van der Waals surface area (Å²) in [6, 6.07) is 0.0263. The highest BCUT2D eigenvalue weighted by molar-refractivity contribution is 9.10. The van der Waals surface area contributed by atoms with Gasteiger partial charge in [0.15, 0.2) is 5.78 Å². The highest BCUT2D eigenvalue weighted by Crippen LogP contribution is 2.24. The average molecular weight is 288 g/mol. The maximum Gasteiger partial charge on any atom is 0.181 e. The van der Waals surface area contributed by atoms with E-state index >= 15 is 0 Å². The Balaban J connectivity index is 2.09. The van der Waals surface area contributed by atoms with E-state index in [9.17, 15) is 4.79 Å². The van der Waals surface area contributed by atoms with Gasteiger partial charge in [0.25, 0.3) is 0 Å². The Morgan fingerprint density at radius 3 is 3.00 bits per heavy atom. The third-order valence-corrected chi connectivity index (χ3v) is 4.46. The van der Waals surface area contributed by atoms with Gasteiger partial charge in [0.1, 0.15) is 0 Å². The number of Topliss-reactive ketones (excluding diaryl/α,β-unsaturated/α-hetero) is 1. The van der Waals surface area contributed by atoms with Gasteiger partial charge in [-0.1, -0.05) is 12.8 Å². The maximum atomic E-state index is 12.1. The number of ketones is 1. The number of hydrogen-bond donors (Lipinski definition) is 1. The fraction of sp³-hybridized carbons (Fsp3) is 0.545. The molecule has 1 aliphatic rings. The van der Waals surface area contributed by atoms with Gasteiger partial charge in [-0.05, 0) is 35.3 Å². The van der Waals surface area contributed by atoms with Gasteiger partial charge in [-0.3, -0.25) is 4.79 Å². The van der Waals surface area contributed by atoms with E-state index in [1.165, 1.54) is 12.8 Å². The predicted molar refractivity (Wildman–Crippen MR) is 66.6 cm³/mol. The van der Waals surface area contributed by atoms with E-state index in [1.54, 1.807) is 11.3 Å². The van der Waals surface area contributed by atoms with Crippen LogP contribution in [0.25, 0.3) is 0 Å². The summed E-state index contributed by atoms with van der Waals surface area (Å²) in [7, 11) is 0. The second kappa shape index (κ2) is 5.23. The molecule has 1 aromatic heterocycles. The van der Waals surface area contributed by atoms with E-state index < -0.39 is 0 Å². The Hall–Kier alpha value is -0.190. The lowest BCUT2D eigenvalue weighted by molar-refractivity contribution is 0.0940. The minimum absolute atomic E-state index is 0.0263. The fourth-order valence-corrected chi connectivity index (χ4v) is 3.38. The number of nitrogens with one attached hydrogen (secondary N) is 1. The Morgan fingerprint density at radius 2 is 2.27 bits per heavy atom. The first-order chi connectivity index (χ1) is 7.29. The van der Waals surface area contributed by atoms with Crippen LogP contribution in [0.1, 0.15) is 36.0 Å². The van der Waals surface area contributed by atoms with Crippen molar-refractivity contribution in [3.63, 3.8) is 0 Å². The summed E-state index contributed by atoms with van der Waals surface area (Å²) < 4.78 is 0.934. The van der Waals surface area contributed by atoms with E-state index in [0.29, 0.717) is 0 Å². The quantitative estimate of drug-likeness (QED) is 0.847. The minimum atomic E-state index is 0.0263. The van der Waals surface area contributed by atoms with Crippen LogP contribution in [0.5, 0.6) is 0 Å². The van der Waals surface area contributed by atoms with Crippen molar-refractivity contribution < 1.29 is 4.79 Å². The van der Waals surface area contributed by atoms with Gasteiger partial charge >= 0.3 is 0 Å². The molecule has 1 unspecified atom stereocenters. The van der Waals surface area contributed by atoms with Gasteiger partial charge in [0.05, 0.1) is 6.04 Å². The zero-order valence-electron chi connectivity index (χ0n) is 8.46. The second-order valence-corrected chi connectivity index (χ2v) is 5.45. The zero-order valence-corrected chi connectivity index (χ0v) is 10.9. The van der Waals surface area contributed by atoms with Crippen molar-refractivity contribution in [1.29, 1.82) is 0 Å². The molecule has 1 N–H and O–H groups in total.